The van der Waals surface area contributed by atoms with Crippen molar-refractivity contribution in [3.8, 4) is 5.75 Å². The molecule has 1 amide bonds. The second-order valence-corrected chi connectivity index (χ2v) is 6.20. The largest absolute Gasteiger partial charge is 0.507 e. The van der Waals surface area contributed by atoms with E-state index in [4.69, 9.17) is 18.0 Å². The fourth-order valence-corrected chi connectivity index (χ4v) is 2.41. The number of rotatable bonds is 3. The Morgan fingerprint density at radius 1 is 1.29 bits per heavy atom. The molecule has 4 N–H and O–H groups in total. The third kappa shape index (κ3) is 3.70. The summed E-state index contributed by atoms with van der Waals surface area (Å²) in [5, 5.41) is 12.6. The van der Waals surface area contributed by atoms with Gasteiger partial charge >= 0.3 is 0 Å². The number of nitrogens with one attached hydrogen (secondary N) is 1. The lowest BCUT2D eigenvalue weighted by Gasteiger charge is -2.11. The molecular weight excluding hydrogens is 399 g/mol. The number of nitrogens with two attached hydrogens (primary N) is 1. The number of halogens is 1. The summed E-state index contributed by atoms with van der Waals surface area (Å²) in [6, 6.07) is 10.2. The van der Waals surface area contributed by atoms with Gasteiger partial charge in [0.15, 0.2) is 0 Å². The van der Waals surface area contributed by atoms with Gasteiger partial charge in [0.25, 0.3) is 5.91 Å². The molecule has 2 rings (SSSR count). The van der Waals surface area contributed by atoms with Crippen LogP contribution in [0, 0.1) is 10.5 Å². The highest BCUT2D eigenvalue weighted by Crippen LogP contribution is 2.23. The number of hydrogen-bond acceptors (Lipinski definition) is 3. The van der Waals surface area contributed by atoms with Gasteiger partial charge in [-0.1, -0.05) is 24.4 Å². The lowest BCUT2D eigenvalue weighted by atomic mass is 10.1. The van der Waals surface area contributed by atoms with E-state index in [9.17, 15) is 9.90 Å². The topological polar surface area (TPSA) is 75.3 Å². The zero-order chi connectivity index (χ0) is 15.6. The van der Waals surface area contributed by atoms with E-state index in [1.54, 1.807) is 24.3 Å². The van der Waals surface area contributed by atoms with Crippen LogP contribution in [0.1, 0.15) is 21.5 Å². The average molecular weight is 412 g/mol. The molecule has 6 heteroatoms. The second kappa shape index (κ2) is 6.40. The molecule has 0 atom stereocenters. The van der Waals surface area contributed by atoms with Crippen molar-refractivity contribution in [2.45, 2.75) is 6.92 Å². The predicted octanol–water partition coefficient (Wildman–Crippen LogP) is 3.19. The molecule has 0 saturated carbocycles. The van der Waals surface area contributed by atoms with Crippen LogP contribution in [0.3, 0.4) is 0 Å². The van der Waals surface area contributed by atoms with Crippen molar-refractivity contribution in [2.75, 3.05) is 5.32 Å². The molecular formula is C15H13IN2O2S. The van der Waals surface area contributed by atoms with Crippen LogP contribution in [0.2, 0.25) is 0 Å². The van der Waals surface area contributed by atoms with Crippen molar-refractivity contribution in [3.05, 3.63) is 56.7 Å². The van der Waals surface area contributed by atoms with E-state index in [0.717, 1.165) is 9.13 Å². The van der Waals surface area contributed by atoms with Crippen molar-refractivity contribution in [2.24, 2.45) is 5.73 Å². The zero-order valence-electron chi connectivity index (χ0n) is 11.2. The van der Waals surface area contributed by atoms with Gasteiger partial charge < -0.3 is 16.2 Å². The third-order valence-electron chi connectivity index (χ3n) is 2.97. The van der Waals surface area contributed by atoms with Gasteiger partial charge in [0.2, 0.25) is 0 Å². The Labute approximate surface area is 141 Å². The summed E-state index contributed by atoms with van der Waals surface area (Å²) in [7, 11) is 0. The number of phenolic OH excluding ortho intramolecular Hbond substituents is 1. The molecule has 0 fully saturated rings. The van der Waals surface area contributed by atoms with E-state index in [-0.39, 0.29) is 22.2 Å². The fraction of sp³-hybridized carbons (Fsp3) is 0.0667. The van der Waals surface area contributed by atoms with Crippen LogP contribution in [0.4, 0.5) is 5.69 Å². The van der Waals surface area contributed by atoms with Crippen LogP contribution in [-0.4, -0.2) is 16.0 Å². The van der Waals surface area contributed by atoms with Crippen molar-refractivity contribution in [1.82, 2.24) is 0 Å². The number of carbonyl (C=O) groups excluding carboxylic acids is 1. The van der Waals surface area contributed by atoms with Crippen LogP contribution in [0.15, 0.2) is 36.4 Å². The molecule has 0 bridgehead atoms. The molecule has 0 aromatic heterocycles. The summed E-state index contributed by atoms with van der Waals surface area (Å²) in [6.45, 7) is 1.87. The zero-order valence-corrected chi connectivity index (χ0v) is 14.2. The van der Waals surface area contributed by atoms with Gasteiger partial charge in [0, 0.05) is 14.8 Å². The van der Waals surface area contributed by atoms with Gasteiger partial charge in [-0.05, 0) is 59.3 Å². The maximum atomic E-state index is 12.3. The first-order valence-corrected chi connectivity index (χ1v) is 7.57. The average Bonchev–Trinajstić information content (AvgIpc) is 2.43. The van der Waals surface area contributed by atoms with Crippen molar-refractivity contribution < 1.29 is 9.90 Å². The molecule has 21 heavy (non-hydrogen) atoms. The summed E-state index contributed by atoms with van der Waals surface area (Å²) in [4.78, 5) is 12.5. The Kier molecular flexibility index (Phi) is 4.79. The Hall–Kier alpha value is -1.67. The lowest BCUT2D eigenvalue weighted by molar-refractivity contribution is 0.102. The molecule has 0 saturated heterocycles. The number of amides is 1. The number of phenols is 1. The highest BCUT2D eigenvalue weighted by molar-refractivity contribution is 14.1. The van der Waals surface area contributed by atoms with Gasteiger partial charge in [0.1, 0.15) is 10.7 Å². The number of carbonyl (C=O) groups is 1. The van der Waals surface area contributed by atoms with E-state index in [1.165, 1.54) is 6.07 Å². The number of anilines is 1. The van der Waals surface area contributed by atoms with Crippen molar-refractivity contribution in [3.63, 3.8) is 0 Å². The van der Waals surface area contributed by atoms with E-state index in [0.29, 0.717) is 11.3 Å². The van der Waals surface area contributed by atoms with Crippen LogP contribution in [0.25, 0.3) is 0 Å². The molecule has 108 valence electrons. The predicted molar refractivity (Wildman–Crippen MR) is 95.8 cm³/mol. The summed E-state index contributed by atoms with van der Waals surface area (Å²) in [5.41, 5.74) is 8.00. The van der Waals surface area contributed by atoms with Crippen LogP contribution in [-0.2, 0) is 0 Å². The molecule has 4 nitrogen and oxygen atoms in total. The van der Waals surface area contributed by atoms with Crippen LogP contribution >= 0.6 is 34.8 Å². The third-order valence-corrected chi connectivity index (χ3v) is 3.88. The SMILES string of the molecule is Cc1ccc(C(N)=S)cc1NC(=O)c1cc(I)ccc1O. The van der Waals surface area contributed by atoms with Gasteiger partial charge in [-0.2, -0.15) is 0 Å². The minimum atomic E-state index is -0.380. The molecule has 0 aliphatic heterocycles. The first-order valence-electron chi connectivity index (χ1n) is 6.09. The van der Waals surface area contributed by atoms with E-state index in [1.807, 2.05) is 13.0 Å². The maximum absolute atomic E-state index is 12.3. The molecule has 0 unspecified atom stereocenters. The number of aryl methyl sites for hydroxylation is 1. The summed E-state index contributed by atoms with van der Waals surface area (Å²) < 4.78 is 0.865. The smallest absolute Gasteiger partial charge is 0.259 e. The molecule has 0 aliphatic rings. The van der Waals surface area contributed by atoms with Gasteiger partial charge in [0.05, 0.1) is 5.56 Å². The molecule has 0 radical (unpaired) electrons. The van der Waals surface area contributed by atoms with E-state index >= 15 is 0 Å². The second-order valence-electron chi connectivity index (χ2n) is 4.51. The first-order chi connectivity index (χ1) is 9.88. The Morgan fingerprint density at radius 2 is 2.00 bits per heavy atom. The molecule has 0 aliphatic carbocycles. The maximum Gasteiger partial charge on any atom is 0.259 e. The Morgan fingerprint density at radius 3 is 2.67 bits per heavy atom. The van der Waals surface area contributed by atoms with Crippen LogP contribution < -0.4 is 11.1 Å². The minimum Gasteiger partial charge on any atom is -0.507 e. The van der Waals surface area contributed by atoms with Crippen LogP contribution in [0.5, 0.6) is 5.75 Å². The standard InChI is InChI=1S/C15H13IN2O2S/c1-8-2-3-9(14(17)21)6-12(8)18-15(20)11-7-10(16)4-5-13(11)19/h2-7,19H,1H3,(H2,17,21)(H,18,20). The Bertz CT molecular complexity index is 732. The highest BCUT2D eigenvalue weighted by atomic mass is 127. The first kappa shape index (κ1) is 15.7. The van der Waals surface area contributed by atoms with Crippen molar-refractivity contribution >= 4 is 51.4 Å². The Balaban J connectivity index is 2.33. The van der Waals surface area contributed by atoms with E-state index < -0.39 is 0 Å². The molecule has 0 heterocycles. The van der Waals surface area contributed by atoms with Gasteiger partial charge in [-0.25, -0.2) is 0 Å². The quantitative estimate of drug-likeness (QED) is 0.535. The lowest BCUT2D eigenvalue weighted by Crippen LogP contribution is -2.15. The molecule has 0 spiro atoms. The summed E-state index contributed by atoms with van der Waals surface area (Å²) >= 11 is 7.02. The number of aromatic hydroxyl groups is 1. The van der Waals surface area contributed by atoms with Gasteiger partial charge in [-0.3, -0.25) is 4.79 Å². The summed E-state index contributed by atoms with van der Waals surface area (Å²) in [5.74, 6) is -0.440. The fourth-order valence-electron chi connectivity index (χ4n) is 1.79. The molecule has 2 aromatic rings. The minimum absolute atomic E-state index is 0.0592. The number of benzene rings is 2. The number of hydrogen-bond donors (Lipinski definition) is 3. The number of thiocarbonyl (C=S) groups is 1. The van der Waals surface area contributed by atoms with Crippen molar-refractivity contribution in [1.29, 1.82) is 0 Å². The monoisotopic (exact) mass is 412 g/mol. The van der Waals surface area contributed by atoms with Gasteiger partial charge in [-0.15, -0.1) is 0 Å². The van der Waals surface area contributed by atoms with E-state index in [2.05, 4.69) is 27.9 Å². The summed E-state index contributed by atoms with van der Waals surface area (Å²) in [6.07, 6.45) is 0. The molecule has 2 aromatic carbocycles. The normalized spacial score (nSPS) is 10.2. The highest BCUT2D eigenvalue weighted by Gasteiger charge is 2.13.